The molecule has 2 aliphatic rings. The van der Waals surface area contributed by atoms with Crippen LogP contribution in [0.25, 0.3) is 6.08 Å². The van der Waals surface area contributed by atoms with Gasteiger partial charge in [0.2, 0.25) is 0 Å². The van der Waals surface area contributed by atoms with E-state index in [4.69, 9.17) is 4.74 Å². The van der Waals surface area contributed by atoms with Crippen LogP contribution in [0.15, 0.2) is 12.6 Å². The second kappa shape index (κ2) is 4.97. The van der Waals surface area contributed by atoms with E-state index in [1.807, 2.05) is 0 Å². The molecule has 0 N–H and O–H groups in total. The lowest BCUT2D eigenvalue weighted by Gasteiger charge is -2.40. The molecule has 0 bridgehead atoms. The van der Waals surface area contributed by atoms with E-state index in [1.165, 1.54) is 30.2 Å². The minimum Gasteiger partial charge on any atom is -0.426 e. The van der Waals surface area contributed by atoms with Gasteiger partial charge in [-0.15, -0.1) is 0 Å². The van der Waals surface area contributed by atoms with Gasteiger partial charge in [0.15, 0.2) is 0 Å². The van der Waals surface area contributed by atoms with Crippen LogP contribution in [-0.2, 0) is 11.2 Å². The maximum absolute atomic E-state index is 11.4. The first-order valence-electron chi connectivity index (χ1n) is 7.37. The molecule has 20 heavy (non-hydrogen) atoms. The van der Waals surface area contributed by atoms with Crippen LogP contribution in [0.4, 0.5) is 5.69 Å². The molecule has 1 atom stereocenters. The summed E-state index contributed by atoms with van der Waals surface area (Å²) >= 11 is 0. The Labute approximate surface area is 120 Å². The number of esters is 1. The zero-order valence-electron chi connectivity index (χ0n) is 12.2. The SMILES string of the molecule is C=Cc1cc2c3c(c1OC(C)=O)CCCN3CCC2C. The van der Waals surface area contributed by atoms with Crippen molar-refractivity contribution in [2.45, 2.75) is 39.0 Å². The molecule has 3 rings (SSSR count). The summed E-state index contributed by atoms with van der Waals surface area (Å²) in [4.78, 5) is 13.9. The first-order chi connectivity index (χ1) is 9.61. The third-order valence-corrected chi connectivity index (χ3v) is 4.41. The Hall–Kier alpha value is -1.77. The normalized spacial score (nSPS) is 20.3. The summed E-state index contributed by atoms with van der Waals surface area (Å²) < 4.78 is 5.50. The summed E-state index contributed by atoms with van der Waals surface area (Å²) in [5, 5.41) is 0. The van der Waals surface area contributed by atoms with Gasteiger partial charge in [-0.05, 0) is 36.8 Å². The van der Waals surface area contributed by atoms with Crippen molar-refractivity contribution < 1.29 is 9.53 Å². The van der Waals surface area contributed by atoms with Crippen LogP contribution in [0, 0.1) is 0 Å². The molecular weight excluding hydrogens is 250 g/mol. The van der Waals surface area contributed by atoms with Gasteiger partial charge in [-0.25, -0.2) is 0 Å². The van der Waals surface area contributed by atoms with E-state index in [-0.39, 0.29) is 5.97 Å². The summed E-state index contributed by atoms with van der Waals surface area (Å²) in [5.74, 6) is 1.03. The average molecular weight is 271 g/mol. The van der Waals surface area contributed by atoms with Gasteiger partial charge in [0.1, 0.15) is 5.75 Å². The Kier molecular flexibility index (Phi) is 3.28. The van der Waals surface area contributed by atoms with Crippen LogP contribution < -0.4 is 9.64 Å². The maximum atomic E-state index is 11.4. The van der Waals surface area contributed by atoms with Crippen molar-refractivity contribution in [3.63, 3.8) is 0 Å². The highest BCUT2D eigenvalue weighted by Crippen LogP contribution is 2.46. The zero-order valence-corrected chi connectivity index (χ0v) is 12.2. The molecule has 0 fully saturated rings. The number of hydrogen-bond donors (Lipinski definition) is 0. The lowest BCUT2D eigenvalue weighted by atomic mass is 9.84. The van der Waals surface area contributed by atoms with E-state index in [0.29, 0.717) is 5.92 Å². The van der Waals surface area contributed by atoms with Crippen molar-refractivity contribution in [2.75, 3.05) is 18.0 Å². The van der Waals surface area contributed by atoms with Gasteiger partial charge < -0.3 is 9.64 Å². The molecule has 106 valence electrons. The second-order valence-corrected chi connectivity index (χ2v) is 5.79. The average Bonchev–Trinajstić information content (AvgIpc) is 2.44. The predicted octanol–water partition coefficient (Wildman–Crippen LogP) is 3.51. The first-order valence-corrected chi connectivity index (χ1v) is 7.37. The van der Waals surface area contributed by atoms with Gasteiger partial charge in [-0.3, -0.25) is 4.79 Å². The molecule has 0 aliphatic carbocycles. The maximum Gasteiger partial charge on any atom is 0.308 e. The summed E-state index contributed by atoms with van der Waals surface area (Å²) in [7, 11) is 0. The molecule has 0 spiro atoms. The van der Waals surface area contributed by atoms with Crippen LogP contribution >= 0.6 is 0 Å². The van der Waals surface area contributed by atoms with Gasteiger partial charge in [0, 0.05) is 36.8 Å². The summed E-state index contributed by atoms with van der Waals surface area (Å²) in [6.07, 6.45) is 5.09. The number of ether oxygens (including phenoxy) is 1. The molecule has 0 amide bonds. The fraction of sp³-hybridized carbons (Fsp3) is 0.471. The van der Waals surface area contributed by atoms with E-state index in [0.717, 1.165) is 37.2 Å². The van der Waals surface area contributed by atoms with Crippen LogP contribution in [0.3, 0.4) is 0 Å². The molecule has 1 unspecified atom stereocenters. The monoisotopic (exact) mass is 271 g/mol. The van der Waals surface area contributed by atoms with Gasteiger partial charge in [-0.2, -0.15) is 0 Å². The third kappa shape index (κ3) is 2.01. The number of carbonyl (C=O) groups is 1. The molecule has 0 aromatic heterocycles. The third-order valence-electron chi connectivity index (χ3n) is 4.41. The molecule has 2 heterocycles. The first kappa shape index (κ1) is 13.2. The summed E-state index contributed by atoms with van der Waals surface area (Å²) in [6, 6.07) is 2.16. The number of anilines is 1. The molecule has 0 saturated carbocycles. The molecule has 0 radical (unpaired) electrons. The quantitative estimate of drug-likeness (QED) is 0.609. The molecule has 3 nitrogen and oxygen atoms in total. The van der Waals surface area contributed by atoms with Crippen molar-refractivity contribution in [3.05, 3.63) is 29.3 Å². The molecule has 0 saturated heterocycles. The van der Waals surface area contributed by atoms with E-state index < -0.39 is 0 Å². The van der Waals surface area contributed by atoms with E-state index >= 15 is 0 Å². The molecule has 3 heteroatoms. The predicted molar refractivity (Wildman–Crippen MR) is 81.4 cm³/mol. The highest BCUT2D eigenvalue weighted by atomic mass is 16.5. The Bertz CT molecular complexity index is 577. The fourth-order valence-electron chi connectivity index (χ4n) is 3.44. The Morgan fingerprint density at radius 3 is 3.00 bits per heavy atom. The highest BCUT2D eigenvalue weighted by Gasteiger charge is 2.31. The molecular formula is C17H21NO2. The van der Waals surface area contributed by atoms with Crippen LogP contribution in [0.2, 0.25) is 0 Å². The van der Waals surface area contributed by atoms with E-state index in [2.05, 4.69) is 24.5 Å². The molecule has 1 aromatic carbocycles. The van der Waals surface area contributed by atoms with Gasteiger partial charge in [0.05, 0.1) is 0 Å². The lowest BCUT2D eigenvalue weighted by Crippen LogP contribution is -2.35. The second-order valence-electron chi connectivity index (χ2n) is 5.79. The number of carbonyl (C=O) groups excluding carboxylic acids is 1. The van der Waals surface area contributed by atoms with Crippen molar-refractivity contribution in [2.24, 2.45) is 0 Å². The van der Waals surface area contributed by atoms with Crippen LogP contribution in [0.5, 0.6) is 5.75 Å². The summed E-state index contributed by atoms with van der Waals surface area (Å²) in [6.45, 7) is 9.83. The van der Waals surface area contributed by atoms with Crippen molar-refractivity contribution >= 4 is 17.7 Å². The number of nitrogens with zero attached hydrogens (tertiary/aromatic N) is 1. The topological polar surface area (TPSA) is 29.5 Å². The van der Waals surface area contributed by atoms with Gasteiger partial charge >= 0.3 is 5.97 Å². The van der Waals surface area contributed by atoms with E-state index in [1.54, 1.807) is 6.08 Å². The summed E-state index contributed by atoms with van der Waals surface area (Å²) in [5.41, 5.74) is 4.85. The molecule has 1 aromatic rings. The Balaban J connectivity index is 2.23. The minimum atomic E-state index is -0.259. The largest absolute Gasteiger partial charge is 0.426 e. The Morgan fingerprint density at radius 2 is 2.30 bits per heavy atom. The molecule has 2 aliphatic heterocycles. The van der Waals surface area contributed by atoms with Gasteiger partial charge in [0.25, 0.3) is 0 Å². The smallest absolute Gasteiger partial charge is 0.308 e. The number of hydrogen-bond acceptors (Lipinski definition) is 3. The highest BCUT2D eigenvalue weighted by molar-refractivity contribution is 5.79. The zero-order chi connectivity index (χ0) is 14.3. The van der Waals surface area contributed by atoms with Crippen LogP contribution in [0.1, 0.15) is 49.3 Å². The number of rotatable bonds is 2. The number of benzene rings is 1. The van der Waals surface area contributed by atoms with Crippen LogP contribution in [-0.4, -0.2) is 19.1 Å². The lowest BCUT2D eigenvalue weighted by molar-refractivity contribution is -0.131. The standard InChI is InChI=1S/C17H21NO2/c1-4-13-10-15-11(2)7-9-18-8-5-6-14(16(15)18)17(13)20-12(3)19/h4,10-11H,1,5-9H2,2-3H3. The fourth-order valence-corrected chi connectivity index (χ4v) is 3.44. The van der Waals surface area contributed by atoms with Crippen molar-refractivity contribution in [3.8, 4) is 5.75 Å². The van der Waals surface area contributed by atoms with Crippen molar-refractivity contribution in [1.29, 1.82) is 0 Å². The van der Waals surface area contributed by atoms with Crippen molar-refractivity contribution in [1.82, 2.24) is 0 Å². The minimum absolute atomic E-state index is 0.259. The Morgan fingerprint density at radius 1 is 1.50 bits per heavy atom. The van der Waals surface area contributed by atoms with Gasteiger partial charge in [-0.1, -0.05) is 19.6 Å². The van der Waals surface area contributed by atoms with E-state index in [9.17, 15) is 4.79 Å².